The molecule has 0 spiro atoms. The quantitative estimate of drug-likeness (QED) is 0.588. The van der Waals surface area contributed by atoms with E-state index in [9.17, 15) is 0 Å². The second-order valence-electron chi connectivity index (χ2n) is 8.19. The van der Waals surface area contributed by atoms with Crippen LogP contribution in [0.25, 0.3) is 11.3 Å². The maximum Gasteiger partial charge on any atom is 0.131 e. The van der Waals surface area contributed by atoms with Crippen molar-refractivity contribution in [2.45, 2.75) is 58.1 Å². The Bertz CT molecular complexity index is 961. The van der Waals surface area contributed by atoms with Gasteiger partial charge in [-0.05, 0) is 44.2 Å². The predicted molar refractivity (Wildman–Crippen MR) is 121 cm³/mol. The summed E-state index contributed by atoms with van der Waals surface area (Å²) in [4.78, 5) is 4.99. The molecule has 2 aliphatic rings. The van der Waals surface area contributed by atoms with E-state index < -0.39 is 0 Å². The number of nitrogens with zero attached hydrogens (tertiary/aromatic N) is 2. The average Bonchev–Trinajstić information content (AvgIpc) is 2.82. The molecule has 1 fully saturated rings. The van der Waals surface area contributed by atoms with Crippen LogP contribution in [0.4, 0.5) is 0 Å². The second kappa shape index (κ2) is 10.2. The van der Waals surface area contributed by atoms with Crippen LogP contribution in [0.5, 0.6) is 17.2 Å². The summed E-state index contributed by atoms with van der Waals surface area (Å²) in [5.41, 5.74) is 4.25. The zero-order valence-electron chi connectivity index (χ0n) is 19.0. The van der Waals surface area contributed by atoms with Crippen molar-refractivity contribution >= 4 is 0 Å². The number of aromatic nitrogens is 1. The van der Waals surface area contributed by atoms with Crippen LogP contribution in [0.15, 0.2) is 29.3 Å². The lowest BCUT2D eigenvalue weighted by Crippen LogP contribution is -2.30. The highest BCUT2D eigenvalue weighted by Crippen LogP contribution is 2.42. The fourth-order valence-corrected chi connectivity index (χ4v) is 4.44. The molecule has 2 aromatic rings. The van der Waals surface area contributed by atoms with Gasteiger partial charge in [0, 0.05) is 36.4 Å². The molecular weight excluding hydrogens is 392 g/mol. The molecule has 6 heteroatoms. The van der Waals surface area contributed by atoms with Gasteiger partial charge >= 0.3 is 0 Å². The highest BCUT2D eigenvalue weighted by Gasteiger charge is 2.24. The largest absolute Gasteiger partial charge is 0.496 e. The number of hydrogen-bond donors (Lipinski definition) is 0. The van der Waals surface area contributed by atoms with E-state index in [-0.39, 0.29) is 6.10 Å². The van der Waals surface area contributed by atoms with Crippen molar-refractivity contribution in [2.75, 3.05) is 34.0 Å². The minimum Gasteiger partial charge on any atom is -0.496 e. The van der Waals surface area contributed by atoms with Crippen molar-refractivity contribution in [3.63, 3.8) is 0 Å². The van der Waals surface area contributed by atoms with Crippen molar-refractivity contribution in [3.8, 4) is 28.5 Å². The molecular formula is C25H34N2O4. The topological polar surface area (TPSA) is 54.2 Å². The highest BCUT2D eigenvalue weighted by atomic mass is 16.5. The number of pyridine rings is 1. The molecule has 0 aliphatic carbocycles. The van der Waals surface area contributed by atoms with Crippen molar-refractivity contribution in [2.24, 2.45) is 4.99 Å². The molecule has 1 atom stereocenters. The second-order valence-corrected chi connectivity index (χ2v) is 8.19. The average molecular weight is 427 g/mol. The number of methoxy groups -OCH3 is 2. The Morgan fingerprint density at radius 1 is 1.13 bits per heavy atom. The fourth-order valence-electron chi connectivity index (χ4n) is 4.44. The molecule has 0 bridgehead atoms. The summed E-state index contributed by atoms with van der Waals surface area (Å²) < 4.78 is 25.7. The summed E-state index contributed by atoms with van der Waals surface area (Å²) in [6.07, 6.45) is 6.66. The normalized spacial score (nSPS) is 18.3. The first-order chi connectivity index (χ1) is 15.2. The number of rotatable bonds is 8. The first-order valence-corrected chi connectivity index (χ1v) is 11.5. The number of benzene rings is 1. The smallest absolute Gasteiger partial charge is 0.131 e. The van der Waals surface area contributed by atoms with Crippen molar-refractivity contribution < 1.29 is 18.9 Å². The fraction of sp³-hybridized carbons (Fsp3) is 0.560. The van der Waals surface area contributed by atoms with Crippen LogP contribution in [-0.2, 0) is 17.7 Å². The Morgan fingerprint density at radius 3 is 2.71 bits per heavy atom. The Kier molecular flexibility index (Phi) is 7.17. The zero-order chi connectivity index (χ0) is 21.6. The van der Waals surface area contributed by atoms with Gasteiger partial charge in [-0.1, -0.05) is 13.3 Å². The van der Waals surface area contributed by atoms with Gasteiger partial charge in [0.05, 0.1) is 39.2 Å². The van der Waals surface area contributed by atoms with Crippen molar-refractivity contribution in [1.29, 1.82) is 0 Å². The molecule has 0 amide bonds. The Morgan fingerprint density at radius 2 is 1.97 bits per heavy atom. The molecule has 0 radical (unpaired) electrons. The first-order valence-electron chi connectivity index (χ1n) is 11.5. The van der Waals surface area contributed by atoms with Gasteiger partial charge in [-0.25, -0.2) is 0 Å². The maximum atomic E-state index is 6.11. The number of fused-ring (bicyclic) bond motifs is 3. The third-order valence-electron chi connectivity index (χ3n) is 6.13. The third-order valence-corrected chi connectivity index (χ3v) is 6.13. The van der Waals surface area contributed by atoms with E-state index in [1.807, 2.05) is 12.1 Å². The van der Waals surface area contributed by atoms with Crippen LogP contribution in [-0.4, -0.2) is 44.6 Å². The van der Waals surface area contributed by atoms with E-state index in [0.29, 0.717) is 13.2 Å². The van der Waals surface area contributed by atoms with Crippen LogP contribution in [0.2, 0.25) is 0 Å². The predicted octanol–water partition coefficient (Wildman–Crippen LogP) is 4.38. The first kappa shape index (κ1) is 21.8. The molecule has 0 saturated carbocycles. The molecule has 168 valence electrons. The van der Waals surface area contributed by atoms with Gasteiger partial charge in [-0.15, -0.1) is 0 Å². The standard InChI is InChI=1S/C25H34N2O4/c1-4-5-13-31-19-15-21-25-20(22(28-2)9-10-23(25)29-3)11-12-27(21)24(16-19)26-17-18-8-6-7-14-30-18/h9-10,15-16,18H,4-8,11-14,17H2,1-3H3/b26-24+. The molecule has 3 heterocycles. The summed E-state index contributed by atoms with van der Waals surface area (Å²) in [5.74, 6) is 2.59. The zero-order valence-corrected chi connectivity index (χ0v) is 19.0. The Labute approximate surface area is 184 Å². The number of hydrogen-bond acceptors (Lipinski definition) is 5. The summed E-state index contributed by atoms with van der Waals surface area (Å²) in [5, 5.41) is 0. The molecule has 6 nitrogen and oxygen atoms in total. The summed E-state index contributed by atoms with van der Waals surface area (Å²) in [6.45, 7) is 5.24. The molecule has 1 aromatic heterocycles. The van der Waals surface area contributed by atoms with E-state index in [1.165, 1.54) is 12.0 Å². The lowest BCUT2D eigenvalue weighted by Gasteiger charge is -2.27. The maximum absolute atomic E-state index is 6.11. The molecule has 1 saturated heterocycles. The summed E-state index contributed by atoms with van der Waals surface area (Å²) >= 11 is 0. The van der Waals surface area contributed by atoms with E-state index in [0.717, 1.165) is 79.2 Å². The lowest BCUT2D eigenvalue weighted by atomic mass is 9.95. The van der Waals surface area contributed by atoms with Crippen LogP contribution in [0, 0.1) is 0 Å². The number of ether oxygens (including phenoxy) is 4. The summed E-state index contributed by atoms with van der Waals surface area (Å²) in [6, 6.07) is 8.15. The minimum absolute atomic E-state index is 0.208. The van der Waals surface area contributed by atoms with Gasteiger partial charge in [-0.3, -0.25) is 4.99 Å². The van der Waals surface area contributed by atoms with Crippen molar-refractivity contribution in [3.05, 3.63) is 35.3 Å². The molecule has 1 unspecified atom stereocenters. The molecule has 31 heavy (non-hydrogen) atoms. The van der Waals surface area contributed by atoms with E-state index in [1.54, 1.807) is 14.2 Å². The van der Waals surface area contributed by atoms with Gasteiger partial charge < -0.3 is 23.5 Å². The van der Waals surface area contributed by atoms with Crippen LogP contribution < -0.4 is 19.7 Å². The Hall–Kier alpha value is -2.47. The number of unbranched alkanes of at least 4 members (excludes halogenated alkanes) is 1. The van der Waals surface area contributed by atoms with Gasteiger partial charge in [0.15, 0.2) is 0 Å². The van der Waals surface area contributed by atoms with Crippen molar-refractivity contribution in [1.82, 2.24) is 4.57 Å². The van der Waals surface area contributed by atoms with Crippen LogP contribution in [0.3, 0.4) is 0 Å². The SMILES string of the molecule is CCCCOc1cc2n(/c(=N/CC3CCCCO3)c1)CCc1c(OC)ccc(OC)c1-2. The highest BCUT2D eigenvalue weighted by molar-refractivity contribution is 5.76. The molecule has 1 aromatic carbocycles. The van der Waals surface area contributed by atoms with E-state index >= 15 is 0 Å². The van der Waals surface area contributed by atoms with Crippen LogP contribution in [0.1, 0.15) is 44.6 Å². The van der Waals surface area contributed by atoms with E-state index in [2.05, 4.69) is 23.6 Å². The Balaban J connectivity index is 1.80. The summed E-state index contributed by atoms with van der Waals surface area (Å²) in [7, 11) is 3.44. The molecule has 2 aliphatic heterocycles. The minimum atomic E-state index is 0.208. The van der Waals surface area contributed by atoms with Crippen LogP contribution >= 0.6 is 0 Å². The monoisotopic (exact) mass is 426 g/mol. The lowest BCUT2D eigenvalue weighted by molar-refractivity contribution is 0.0219. The van der Waals surface area contributed by atoms with Gasteiger partial charge in [-0.2, -0.15) is 0 Å². The van der Waals surface area contributed by atoms with Gasteiger partial charge in [0.1, 0.15) is 22.7 Å². The third kappa shape index (κ3) is 4.74. The van der Waals surface area contributed by atoms with Gasteiger partial charge in [0.2, 0.25) is 0 Å². The molecule has 4 rings (SSSR count). The molecule has 0 N–H and O–H groups in total. The van der Waals surface area contributed by atoms with E-state index in [4.69, 9.17) is 23.9 Å². The van der Waals surface area contributed by atoms with Gasteiger partial charge in [0.25, 0.3) is 0 Å².